The van der Waals surface area contributed by atoms with E-state index in [1.165, 1.54) is 0 Å². The minimum absolute atomic E-state index is 0.195. The molecule has 2 aromatic rings. The van der Waals surface area contributed by atoms with E-state index in [1.54, 1.807) is 13.3 Å². The van der Waals surface area contributed by atoms with Crippen LogP contribution in [0.1, 0.15) is 6.42 Å². The lowest BCUT2D eigenvalue weighted by Gasteiger charge is -2.18. The number of nitrogen functional groups attached to an aromatic ring is 1. The maximum Gasteiger partial charge on any atom is 0.168 e. The van der Waals surface area contributed by atoms with Crippen molar-refractivity contribution in [3.8, 4) is 22.6 Å². The Balaban J connectivity index is 1.93. The van der Waals surface area contributed by atoms with Crippen LogP contribution in [-0.2, 0) is 0 Å². The van der Waals surface area contributed by atoms with Gasteiger partial charge in [-0.05, 0) is 19.5 Å². The number of aromatic amines is 1. The highest BCUT2D eigenvalue weighted by molar-refractivity contribution is 5.80. The summed E-state index contributed by atoms with van der Waals surface area (Å²) in [6.07, 6.45) is 2.92. The molecule has 1 aliphatic rings. The summed E-state index contributed by atoms with van der Waals surface area (Å²) < 4.78 is 11.7. The van der Waals surface area contributed by atoms with Crippen molar-refractivity contribution < 1.29 is 9.47 Å². The number of likely N-dealkylation sites (tertiary alicyclic amines) is 1. The van der Waals surface area contributed by atoms with Gasteiger partial charge in [0.2, 0.25) is 0 Å². The maximum atomic E-state index is 6.11. The molecule has 2 heterocycles. The van der Waals surface area contributed by atoms with Gasteiger partial charge in [0.15, 0.2) is 11.5 Å². The monoisotopic (exact) mass is 288 g/mol. The van der Waals surface area contributed by atoms with Crippen molar-refractivity contribution in [3.63, 3.8) is 0 Å². The Morgan fingerprint density at radius 3 is 2.86 bits per heavy atom. The Kier molecular flexibility index (Phi) is 3.70. The molecule has 1 saturated heterocycles. The van der Waals surface area contributed by atoms with Gasteiger partial charge in [-0.25, -0.2) is 0 Å². The van der Waals surface area contributed by atoms with Gasteiger partial charge >= 0.3 is 0 Å². The molecule has 0 spiro atoms. The van der Waals surface area contributed by atoms with Gasteiger partial charge in [0.25, 0.3) is 0 Å². The molecule has 1 aromatic carbocycles. The second-order valence-electron chi connectivity index (χ2n) is 5.33. The van der Waals surface area contributed by atoms with E-state index >= 15 is 0 Å². The summed E-state index contributed by atoms with van der Waals surface area (Å²) in [6.45, 7) is 1.99. The Labute approximate surface area is 123 Å². The lowest BCUT2D eigenvalue weighted by Crippen LogP contribution is -2.21. The first kappa shape index (κ1) is 13.8. The van der Waals surface area contributed by atoms with Crippen LogP contribution in [-0.4, -0.2) is 48.4 Å². The quantitative estimate of drug-likeness (QED) is 0.896. The summed E-state index contributed by atoms with van der Waals surface area (Å²) in [6, 6.07) is 5.82. The van der Waals surface area contributed by atoms with Gasteiger partial charge < -0.3 is 20.1 Å². The van der Waals surface area contributed by atoms with Crippen molar-refractivity contribution in [1.29, 1.82) is 0 Å². The molecule has 1 fully saturated rings. The normalized spacial score (nSPS) is 18.9. The average Bonchev–Trinajstić information content (AvgIpc) is 3.07. The molecule has 0 bridgehead atoms. The number of hydrogen-bond acceptors (Lipinski definition) is 5. The number of hydrogen-bond donors (Lipinski definition) is 2. The number of nitrogens with one attached hydrogen (secondary N) is 1. The fourth-order valence-electron chi connectivity index (χ4n) is 2.71. The number of rotatable bonds is 4. The minimum Gasteiger partial charge on any atom is -0.492 e. The van der Waals surface area contributed by atoms with Crippen LogP contribution in [0.15, 0.2) is 24.4 Å². The van der Waals surface area contributed by atoms with Crippen molar-refractivity contribution in [2.24, 2.45) is 0 Å². The van der Waals surface area contributed by atoms with E-state index in [2.05, 4.69) is 22.1 Å². The smallest absolute Gasteiger partial charge is 0.168 e. The Morgan fingerprint density at radius 1 is 1.38 bits per heavy atom. The standard InChI is InChI=1S/C15H20N4O2/c1-19-7-6-10(9-19)21-13-5-3-4-11(14(13)20-2)12-8-17-18-15(12)16/h3-5,8,10H,6-7,9H2,1-2H3,(H3,16,17,18). The summed E-state index contributed by atoms with van der Waals surface area (Å²) in [5, 5.41) is 6.70. The van der Waals surface area contributed by atoms with Crippen molar-refractivity contribution in [1.82, 2.24) is 15.1 Å². The number of para-hydroxylation sites is 1. The van der Waals surface area contributed by atoms with Crippen molar-refractivity contribution >= 4 is 5.82 Å². The van der Waals surface area contributed by atoms with Gasteiger partial charge in [-0.1, -0.05) is 12.1 Å². The SMILES string of the molecule is COc1c(OC2CCN(C)C2)cccc1-c1cn[nH]c1N. The van der Waals surface area contributed by atoms with Crippen LogP contribution in [0.4, 0.5) is 5.82 Å². The first-order valence-corrected chi connectivity index (χ1v) is 7.00. The predicted octanol–water partition coefficient (Wildman–Crippen LogP) is 1.75. The Morgan fingerprint density at radius 2 is 2.24 bits per heavy atom. The number of nitrogens with zero attached hydrogens (tertiary/aromatic N) is 2. The fraction of sp³-hybridized carbons (Fsp3) is 0.400. The molecule has 0 aliphatic carbocycles. The van der Waals surface area contributed by atoms with Crippen LogP contribution in [0, 0.1) is 0 Å². The third kappa shape index (κ3) is 2.67. The molecule has 0 saturated carbocycles. The number of anilines is 1. The van der Waals surface area contributed by atoms with E-state index in [4.69, 9.17) is 15.2 Å². The summed E-state index contributed by atoms with van der Waals surface area (Å²) in [4.78, 5) is 2.26. The Hall–Kier alpha value is -2.21. The topological polar surface area (TPSA) is 76.4 Å². The molecule has 21 heavy (non-hydrogen) atoms. The number of aromatic nitrogens is 2. The highest BCUT2D eigenvalue weighted by Gasteiger charge is 2.23. The third-order valence-corrected chi connectivity index (χ3v) is 3.78. The molecule has 1 atom stereocenters. The molecule has 6 nitrogen and oxygen atoms in total. The summed E-state index contributed by atoms with van der Waals surface area (Å²) >= 11 is 0. The van der Waals surface area contributed by atoms with Gasteiger partial charge in [0.1, 0.15) is 11.9 Å². The van der Waals surface area contributed by atoms with Crippen molar-refractivity contribution in [3.05, 3.63) is 24.4 Å². The van der Waals surface area contributed by atoms with Crippen LogP contribution in [0.2, 0.25) is 0 Å². The first-order valence-electron chi connectivity index (χ1n) is 7.00. The lowest BCUT2D eigenvalue weighted by molar-refractivity contribution is 0.200. The maximum absolute atomic E-state index is 6.11. The van der Waals surface area contributed by atoms with E-state index in [0.29, 0.717) is 11.6 Å². The van der Waals surface area contributed by atoms with Crippen LogP contribution in [0.25, 0.3) is 11.1 Å². The van der Waals surface area contributed by atoms with Gasteiger partial charge in [0.05, 0.1) is 13.3 Å². The van der Waals surface area contributed by atoms with Crippen LogP contribution < -0.4 is 15.2 Å². The summed E-state index contributed by atoms with van der Waals surface area (Å²) in [7, 11) is 3.74. The predicted molar refractivity (Wildman–Crippen MR) is 81.5 cm³/mol. The van der Waals surface area contributed by atoms with Gasteiger partial charge in [-0.2, -0.15) is 5.10 Å². The number of ether oxygens (including phenoxy) is 2. The van der Waals surface area contributed by atoms with Crippen molar-refractivity contribution in [2.45, 2.75) is 12.5 Å². The molecule has 1 aromatic heterocycles. The molecule has 1 unspecified atom stereocenters. The number of nitrogens with two attached hydrogens (primary N) is 1. The van der Waals surface area contributed by atoms with E-state index in [0.717, 1.165) is 36.4 Å². The molecule has 3 rings (SSSR count). The number of H-pyrrole nitrogens is 1. The zero-order valence-corrected chi connectivity index (χ0v) is 12.3. The number of methoxy groups -OCH3 is 1. The molecule has 0 radical (unpaired) electrons. The van der Waals surface area contributed by atoms with E-state index in [9.17, 15) is 0 Å². The van der Waals surface area contributed by atoms with Gasteiger partial charge in [0, 0.05) is 24.2 Å². The van der Waals surface area contributed by atoms with E-state index in [1.807, 2.05) is 18.2 Å². The van der Waals surface area contributed by atoms with Gasteiger partial charge in [-0.3, -0.25) is 5.10 Å². The third-order valence-electron chi connectivity index (χ3n) is 3.78. The highest BCUT2D eigenvalue weighted by atomic mass is 16.5. The van der Waals surface area contributed by atoms with E-state index < -0.39 is 0 Å². The second-order valence-corrected chi connectivity index (χ2v) is 5.33. The van der Waals surface area contributed by atoms with E-state index in [-0.39, 0.29) is 6.10 Å². The lowest BCUT2D eigenvalue weighted by atomic mass is 10.1. The molecular formula is C15H20N4O2. The molecular weight excluding hydrogens is 268 g/mol. The first-order chi connectivity index (χ1) is 10.2. The van der Waals surface area contributed by atoms with Crippen LogP contribution in [0.5, 0.6) is 11.5 Å². The summed E-state index contributed by atoms with van der Waals surface area (Å²) in [5.74, 6) is 1.96. The number of likely N-dealkylation sites (N-methyl/N-ethyl adjacent to an activating group) is 1. The highest BCUT2D eigenvalue weighted by Crippen LogP contribution is 2.40. The number of benzene rings is 1. The Bertz CT molecular complexity index is 626. The second kappa shape index (κ2) is 5.65. The van der Waals surface area contributed by atoms with Gasteiger partial charge in [-0.15, -0.1) is 0 Å². The molecule has 112 valence electrons. The fourth-order valence-corrected chi connectivity index (χ4v) is 2.71. The van der Waals surface area contributed by atoms with Crippen LogP contribution >= 0.6 is 0 Å². The largest absolute Gasteiger partial charge is 0.492 e. The van der Waals surface area contributed by atoms with Crippen molar-refractivity contribution in [2.75, 3.05) is 33.0 Å². The molecule has 6 heteroatoms. The zero-order chi connectivity index (χ0) is 14.8. The molecule has 0 amide bonds. The zero-order valence-electron chi connectivity index (χ0n) is 12.3. The average molecular weight is 288 g/mol. The van der Waals surface area contributed by atoms with Crippen LogP contribution in [0.3, 0.4) is 0 Å². The minimum atomic E-state index is 0.195. The summed E-state index contributed by atoms with van der Waals surface area (Å²) in [5.41, 5.74) is 7.61. The molecule has 3 N–H and O–H groups in total. The molecule has 1 aliphatic heterocycles.